The van der Waals surface area contributed by atoms with Crippen molar-refractivity contribution in [1.82, 2.24) is 9.97 Å². The molecule has 0 bridgehead atoms. The van der Waals surface area contributed by atoms with E-state index < -0.39 is 5.97 Å². The van der Waals surface area contributed by atoms with Crippen molar-refractivity contribution in [3.8, 4) is 0 Å². The Balaban J connectivity index is 2.53. The molecule has 6 heteroatoms. The third-order valence-electron chi connectivity index (χ3n) is 2.44. The molecule has 1 aromatic rings. The van der Waals surface area contributed by atoms with Crippen molar-refractivity contribution in [2.24, 2.45) is 0 Å². The molecule has 1 heterocycles. The summed E-state index contributed by atoms with van der Waals surface area (Å²) in [5.41, 5.74) is 1.73. The van der Waals surface area contributed by atoms with Crippen LogP contribution < -0.4 is 5.32 Å². The Morgan fingerprint density at radius 1 is 1.53 bits per heavy atom. The SMILES string of the molecule is COC(CNc1cnc(C)c(C)n1)CC(=O)O. The maximum absolute atomic E-state index is 10.5. The molecule has 6 nitrogen and oxygen atoms in total. The zero-order valence-corrected chi connectivity index (χ0v) is 10.2. The zero-order valence-electron chi connectivity index (χ0n) is 10.2. The van der Waals surface area contributed by atoms with Gasteiger partial charge in [-0.3, -0.25) is 9.78 Å². The van der Waals surface area contributed by atoms with Gasteiger partial charge < -0.3 is 15.2 Å². The van der Waals surface area contributed by atoms with Crippen LogP contribution in [0.25, 0.3) is 0 Å². The largest absolute Gasteiger partial charge is 0.481 e. The molecular formula is C11H17N3O3. The molecule has 1 unspecified atom stereocenters. The molecule has 0 aromatic carbocycles. The molecule has 1 rings (SSSR count). The number of methoxy groups -OCH3 is 1. The Hall–Kier alpha value is -1.69. The maximum atomic E-state index is 10.5. The molecule has 1 aromatic heterocycles. The number of ether oxygens (including phenoxy) is 1. The van der Waals surface area contributed by atoms with Crippen LogP contribution >= 0.6 is 0 Å². The number of aryl methyl sites for hydroxylation is 2. The van der Waals surface area contributed by atoms with Gasteiger partial charge in [-0.1, -0.05) is 0 Å². The summed E-state index contributed by atoms with van der Waals surface area (Å²) in [5, 5.41) is 11.7. The molecule has 0 saturated carbocycles. The molecule has 0 aliphatic carbocycles. The quantitative estimate of drug-likeness (QED) is 0.770. The minimum absolute atomic E-state index is 0.0399. The molecule has 1 atom stereocenters. The second kappa shape index (κ2) is 6.15. The molecule has 0 saturated heterocycles. The number of carboxylic acids is 1. The van der Waals surface area contributed by atoms with Gasteiger partial charge in [0.2, 0.25) is 0 Å². The first-order valence-corrected chi connectivity index (χ1v) is 5.31. The number of anilines is 1. The fraction of sp³-hybridized carbons (Fsp3) is 0.545. The molecule has 0 fully saturated rings. The summed E-state index contributed by atoms with van der Waals surface area (Å²) in [4.78, 5) is 19.0. The summed E-state index contributed by atoms with van der Waals surface area (Å²) in [6, 6.07) is 0. The monoisotopic (exact) mass is 239 g/mol. The van der Waals surface area contributed by atoms with Gasteiger partial charge >= 0.3 is 5.97 Å². The van der Waals surface area contributed by atoms with Crippen molar-refractivity contribution in [3.05, 3.63) is 17.6 Å². The van der Waals surface area contributed by atoms with Gasteiger partial charge in [0.25, 0.3) is 0 Å². The molecule has 0 amide bonds. The molecule has 0 radical (unpaired) electrons. The number of nitrogens with zero attached hydrogens (tertiary/aromatic N) is 2. The number of aliphatic carboxylic acids is 1. The predicted molar refractivity (Wildman–Crippen MR) is 63.0 cm³/mol. The number of carboxylic acid groups (broad SMARTS) is 1. The summed E-state index contributed by atoms with van der Waals surface area (Å²) in [6.45, 7) is 4.15. The van der Waals surface area contributed by atoms with Crippen LogP contribution in [0.3, 0.4) is 0 Å². The van der Waals surface area contributed by atoms with E-state index in [2.05, 4.69) is 15.3 Å². The van der Waals surface area contributed by atoms with E-state index in [1.807, 2.05) is 13.8 Å². The molecule has 0 spiro atoms. The van der Waals surface area contributed by atoms with Gasteiger partial charge in [0.15, 0.2) is 0 Å². The van der Waals surface area contributed by atoms with Crippen molar-refractivity contribution < 1.29 is 14.6 Å². The number of aromatic nitrogens is 2. The lowest BCUT2D eigenvalue weighted by Crippen LogP contribution is -2.25. The van der Waals surface area contributed by atoms with Gasteiger partial charge in [0.1, 0.15) is 5.82 Å². The molecule has 94 valence electrons. The average Bonchev–Trinajstić information content (AvgIpc) is 2.28. The summed E-state index contributed by atoms with van der Waals surface area (Å²) >= 11 is 0. The van der Waals surface area contributed by atoms with E-state index >= 15 is 0 Å². The summed E-state index contributed by atoms with van der Waals surface area (Å²) in [5.74, 6) is -0.259. The van der Waals surface area contributed by atoms with Gasteiger partial charge in [-0.2, -0.15) is 0 Å². The molecule has 2 N–H and O–H groups in total. The first-order chi connectivity index (χ1) is 8.02. The third kappa shape index (κ3) is 4.36. The van der Waals surface area contributed by atoms with E-state index in [9.17, 15) is 4.79 Å². The summed E-state index contributed by atoms with van der Waals surface area (Å²) in [7, 11) is 1.49. The van der Waals surface area contributed by atoms with Gasteiger partial charge in [-0.25, -0.2) is 4.98 Å². The Morgan fingerprint density at radius 2 is 2.24 bits per heavy atom. The topological polar surface area (TPSA) is 84.3 Å². The minimum Gasteiger partial charge on any atom is -0.481 e. The van der Waals surface area contributed by atoms with E-state index in [1.54, 1.807) is 6.20 Å². The second-order valence-electron chi connectivity index (χ2n) is 3.76. The minimum atomic E-state index is -0.884. The zero-order chi connectivity index (χ0) is 12.8. The highest BCUT2D eigenvalue weighted by Crippen LogP contribution is 2.06. The van der Waals surface area contributed by atoms with Crippen LogP contribution in [0.15, 0.2) is 6.20 Å². The van der Waals surface area contributed by atoms with Crippen LogP contribution in [0.1, 0.15) is 17.8 Å². The summed E-state index contributed by atoms with van der Waals surface area (Å²) in [6.07, 6.45) is 1.20. The van der Waals surface area contributed by atoms with Gasteiger partial charge in [0.05, 0.1) is 30.1 Å². The van der Waals surface area contributed by atoms with Crippen molar-refractivity contribution in [2.45, 2.75) is 26.4 Å². The molecule has 0 aliphatic rings. The Kier molecular flexibility index (Phi) is 4.84. The third-order valence-corrected chi connectivity index (χ3v) is 2.44. The number of hydrogen-bond acceptors (Lipinski definition) is 5. The normalized spacial score (nSPS) is 12.2. The van der Waals surface area contributed by atoms with Crippen molar-refractivity contribution >= 4 is 11.8 Å². The van der Waals surface area contributed by atoms with Crippen LogP contribution in [-0.4, -0.2) is 40.8 Å². The van der Waals surface area contributed by atoms with Crippen LogP contribution in [0.2, 0.25) is 0 Å². The number of nitrogens with one attached hydrogen (secondary N) is 1. The second-order valence-corrected chi connectivity index (χ2v) is 3.76. The number of carbonyl (C=O) groups is 1. The molecule has 0 aliphatic heterocycles. The average molecular weight is 239 g/mol. The van der Waals surface area contributed by atoms with Gasteiger partial charge in [0, 0.05) is 13.7 Å². The van der Waals surface area contributed by atoms with Crippen LogP contribution in [0.5, 0.6) is 0 Å². The van der Waals surface area contributed by atoms with Crippen molar-refractivity contribution in [3.63, 3.8) is 0 Å². The van der Waals surface area contributed by atoms with Gasteiger partial charge in [-0.05, 0) is 13.8 Å². The summed E-state index contributed by atoms with van der Waals surface area (Å²) < 4.78 is 5.05. The van der Waals surface area contributed by atoms with Gasteiger partial charge in [-0.15, -0.1) is 0 Å². The lowest BCUT2D eigenvalue weighted by molar-refractivity contribution is -0.139. The van der Waals surface area contributed by atoms with E-state index in [1.165, 1.54) is 7.11 Å². The van der Waals surface area contributed by atoms with Crippen LogP contribution in [0, 0.1) is 13.8 Å². The highest BCUT2D eigenvalue weighted by Gasteiger charge is 2.12. The van der Waals surface area contributed by atoms with E-state index in [0.29, 0.717) is 12.4 Å². The Bertz CT molecular complexity index is 396. The van der Waals surface area contributed by atoms with E-state index in [-0.39, 0.29) is 12.5 Å². The lowest BCUT2D eigenvalue weighted by atomic mass is 10.2. The smallest absolute Gasteiger partial charge is 0.306 e. The maximum Gasteiger partial charge on any atom is 0.306 e. The number of hydrogen-bond donors (Lipinski definition) is 2. The molecule has 17 heavy (non-hydrogen) atoms. The highest BCUT2D eigenvalue weighted by molar-refractivity contribution is 5.67. The highest BCUT2D eigenvalue weighted by atomic mass is 16.5. The van der Waals surface area contributed by atoms with E-state index in [0.717, 1.165) is 11.4 Å². The fourth-order valence-corrected chi connectivity index (χ4v) is 1.28. The first-order valence-electron chi connectivity index (χ1n) is 5.31. The van der Waals surface area contributed by atoms with E-state index in [4.69, 9.17) is 9.84 Å². The number of rotatable bonds is 6. The van der Waals surface area contributed by atoms with Crippen molar-refractivity contribution in [2.75, 3.05) is 19.0 Å². The standard InChI is InChI=1S/C11H17N3O3/c1-7-8(2)14-10(6-12-7)13-5-9(17-3)4-11(15)16/h6,9H,4-5H2,1-3H3,(H,13,14)(H,15,16). The Labute approximate surface area is 100 Å². The van der Waals surface area contributed by atoms with Crippen LogP contribution in [0.4, 0.5) is 5.82 Å². The predicted octanol–water partition coefficient (Wildman–Crippen LogP) is 0.995. The van der Waals surface area contributed by atoms with Crippen LogP contribution in [-0.2, 0) is 9.53 Å². The Morgan fingerprint density at radius 3 is 2.76 bits per heavy atom. The molecular weight excluding hydrogens is 222 g/mol. The lowest BCUT2D eigenvalue weighted by Gasteiger charge is -2.14. The van der Waals surface area contributed by atoms with Crippen molar-refractivity contribution in [1.29, 1.82) is 0 Å². The fourth-order valence-electron chi connectivity index (χ4n) is 1.28. The first kappa shape index (κ1) is 13.4.